The van der Waals surface area contributed by atoms with Gasteiger partial charge >= 0.3 is 5.97 Å². The number of hydrogen-bond acceptors (Lipinski definition) is 3. The van der Waals surface area contributed by atoms with Crippen molar-refractivity contribution in [3.63, 3.8) is 0 Å². The van der Waals surface area contributed by atoms with Crippen molar-refractivity contribution < 1.29 is 9.53 Å². The van der Waals surface area contributed by atoms with E-state index < -0.39 is 14.0 Å². The maximum Gasteiger partial charge on any atom is 0.356 e. The molecule has 0 aliphatic heterocycles. The number of ether oxygens (including phenoxy) is 1. The topological polar surface area (TPSA) is 39.2 Å². The van der Waals surface area contributed by atoms with E-state index in [-0.39, 0.29) is 0 Å². The smallest absolute Gasteiger partial charge is 0.356 e. The molecule has 0 fully saturated rings. The van der Waals surface area contributed by atoms with Crippen LogP contribution >= 0.6 is 0 Å². The Balaban J connectivity index is 2.93. The third kappa shape index (κ3) is 4.83. The van der Waals surface area contributed by atoms with E-state index in [1.165, 1.54) is 0 Å². The summed E-state index contributed by atoms with van der Waals surface area (Å²) in [7, 11) is -1.42. The molecular formula is C13H17NO2Si. The summed E-state index contributed by atoms with van der Waals surface area (Å²) in [6, 6.07) is 5.21. The number of rotatable bonds is 2. The maximum atomic E-state index is 11.5. The van der Waals surface area contributed by atoms with Crippen molar-refractivity contribution in [2.75, 3.05) is 6.61 Å². The first-order valence-corrected chi connectivity index (χ1v) is 9.10. The van der Waals surface area contributed by atoms with Crippen LogP contribution in [-0.4, -0.2) is 25.6 Å². The second-order valence-electron chi connectivity index (χ2n) is 4.63. The standard InChI is InChI=1S/C13H17NO2Si/c1-5-16-13(15)12-8-6-7-11(14-12)9-10-17(2,3)4/h6-8H,5H2,1-4H3. The quantitative estimate of drug-likeness (QED) is 0.458. The summed E-state index contributed by atoms with van der Waals surface area (Å²) >= 11 is 0. The van der Waals surface area contributed by atoms with E-state index in [4.69, 9.17) is 4.74 Å². The van der Waals surface area contributed by atoms with Gasteiger partial charge in [0.25, 0.3) is 0 Å². The van der Waals surface area contributed by atoms with Crippen molar-refractivity contribution in [1.82, 2.24) is 4.98 Å². The van der Waals surface area contributed by atoms with Crippen LogP contribution < -0.4 is 0 Å². The molecule has 0 aliphatic rings. The van der Waals surface area contributed by atoms with Crippen molar-refractivity contribution >= 4 is 14.0 Å². The third-order valence-corrected chi connectivity index (χ3v) is 2.67. The zero-order valence-electron chi connectivity index (χ0n) is 10.7. The second kappa shape index (κ2) is 5.64. The van der Waals surface area contributed by atoms with E-state index >= 15 is 0 Å². The summed E-state index contributed by atoms with van der Waals surface area (Å²) in [4.78, 5) is 15.6. The lowest BCUT2D eigenvalue weighted by Gasteiger charge is -2.03. The van der Waals surface area contributed by atoms with Crippen molar-refractivity contribution in [3.8, 4) is 11.5 Å². The van der Waals surface area contributed by atoms with Crippen LogP contribution in [0.5, 0.6) is 0 Å². The molecule has 0 amide bonds. The lowest BCUT2D eigenvalue weighted by Crippen LogP contribution is -2.16. The monoisotopic (exact) mass is 247 g/mol. The predicted molar refractivity (Wildman–Crippen MR) is 70.4 cm³/mol. The molecule has 0 atom stereocenters. The van der Waals surface area contributed by atoms with Gasteiger partial charge in [-0.3, -0.25) is 0 Å². The van der Waals surface area contributed by atoms with Crippen molar-refractivity contribution in [2.24, 2.45) is 0 Å². The molecule has 0 spiro atoms. The number of aromatic nitrogens is 1. The molecule has 0 unspecified atom stereocenters. The molecule has 4 heteroatoms. The Kier molecular flexibility index (Phi) is 4.47. The van der Waals surface area contributed by atoms with E-state index in [1.807, 2.05) is 0 Å². The largest absolute Gasteiger partial charge is 0.461 e. The highest BCUT2D eigenvalue weighted by Gasteiger charge is 2.09. The third-order valence-electron chi connectivity index (χ3n) is 1.80. The van der Waals surface area contributed by atoms with Crippen molar-refractivity contribution in [1.29, 1.82) is 0 Å². The SMILES string of the molecule is CCOC(=O)c1cccc(C#C[Si](C)(C)C)n1. The molecule has 0 radical (unpaired) electrons. The normalized spacial score (nSPS) is 10.4. The highest BCUT2D eigenvalue weighted by Crippen LogP contribution is 2.02. The molecule has 0 saturated heterocycles. The molecular weight excluding hydrogens is 230 g/mol. The Labute approximate surface area is 103 Å². The number of pyridine rings is 1. The molecule has 0 bridgehead atoms. The van der Waals surface area contributed by atoms with Gasteiger partial charge in [-0.05, 0) is 19.1 Å². The van der Waals surface area contributed by atoms with E-state index in [2.05, 4.69) is 36.1 Å². The molecule has 17 heavy (non-hydrogen) atoms. The Morgan fingerprint density at radius 3 is 2.71 bits per heavy atom. The van der Waals surface area contributed by atoms with Crippen LogP contribution in [0, 0.1) is 11.5 Å². The molecule has 0 N–H and O–H groups in total. The van der Waals surface area contributed by atoms with Crippen molar-refractivity contribution in [3.05, 3.63) is 29.6 Å². The van der Waals surface area contributed by atoms with Gasteiger partial charge in [0.15, 0.2) is 0 Å². The minimum absolute atomic E-state index is 0.314. The van der Waals surface area contributed by atoms with Gasteiger partial charge in [0.2, 0.25) is 0 Å². The van der Waals surface area contributed by atoms with Gasteiger partial charge in [0.1, 0.15) is 19.5 Å². The van der Waals surface area contributed by atoms with Crippen LogP contribution in [0.2, 0.25) is 19.6 Å². The zero-order chi connectivity index (χ0) is 12.9. The number of nitrogens with zero attached hydrogens (tertiary/aromatic N) is 1. The summed E-state index contributed by atoms with van der Waals surface area (Å²) < 4.78 is 4.89. The Morgan fingerprint density at radius 1 is 1.41 bits per heavy atom. The van der Waals surface area contributed by atoms with Gasteiger partial charge in [-0.1, -0.05) is 31.6 Å². The van der Waals surface area contributed by atoms with Crippen molar-refractivity contribution in [2.45, 2.75) is 26.6 Å². The highest BCUT2D eigenvalue weighted by molar-refractivity contribution is 6.83. The Bertz CT molecular complexity index is 466. The second-order valence-corrected chi connectivity index (χ2v) is 9.38. The lowest BCUT2D eigenvalue weighted by molar-refractivity contribution is 0.0519. The first kappa shape index (κ1) is 13.5. The first-order chi connectivity index (χ1) is 7.92. The van der Waals surface area contributed by atoms with Crippen LogP contribution in [0.1, 0.15) is 23.1 Å². The van der Waals surface area contributed by atoms with Crippen LogP contribution in [0.25, 0.3) is 0 Å². The summed E-state index contributed by atoms with van der Waals surface area (Å²) in [6.07, 6.45) is 0. The number of hydrogen-bond donors (Lipinski definition) is 0. The van der Waals surface area contributed by atoms with E-state index in [0.29, 0.717) is 18.0 Å². The molecule has 3 nitrogen and oxygen atoms in total. The Hall–Kier alpha value is -1.60. The summed E-state index contributed by atoms with van der Waals surface area (Å²) in [5, 5.41) is 0. The fraction of sp³-hybridized carbons (Fsp3) is 0.385. The first-order valence-electron chi connectivity index (χ1n) is 5.60. The molecule has 1 heterocycles. The average Bonchev–Trinajstić information content (AvgIpc) is 2.26. The van der Waals surface area contributed by atoms with Gasteiger partial charge in [0, 0.05) is 0 Å². The average molecular weight is 247 g/mol. The molecule has 1 aromatic heterocycles. The molecule has 0 aliphatic carbocycles. The van der Waals surface area contributed by atoms with E-state index in [0.717, 1.165) is 0 Å². The zero-order valence-corrected chi connectivity index (χ0v) is 11.7. The number of carbonyl (C=O) groups excluding carboxylic acids is 1. The fourth-order valence-corrected chi connectivity index (χ4v) is 1.58. The van der Waals surface area contributed by atoms with Gasteiger partial charge in [-0.15, -0.1) is 5.54 Å². The molecule has 1 rings (SSSR count). The predicted octanol–water partition coefficient (Wildman–Crippen LogP) is 2.49. The minimum atomic E-state index is -1.42. The lowest BCUT2D eigenvalue weighted by atomic mass is 10.3. The van der Waals surface area contributed by atoms with Crippen LogP contribution in [0.4, 0.5) is 0 Å². The number of carbonyl (C=O) groups is 1. The molecule has 0 saturated carbocycles. The van der Waals surface area contributed by atoms with Gasteiger partial charge in [-0.2, -0.15) is 0 Å². The van der Waals surface area contributed by atoms with Crippen LogP contribution in [0.3, 0.4) is 0 Å². The molecule has 1 aromatic rings. The summed E-state index contributed by atoms with van der Waals surface area (Å²) in [6.45, 7) is 8.61. The summed E-state index contributed by atoms with van der Waals surface area (Å²) in [5.74, 6) is 2.62. The van der Waals surface area contributed by atoms with Crippen LogP contribution in [-0.2, 0) is 4.74 Å². The molecule has 0 aromatic carbocycles. The summed E-state index contributed by atoms with van der Waals surface area (Å²) in [5.41, 5.74) is 4.15. The maximum absolute atomic E-state index is 11.5. The van der Waals surface area contributed by atoms with E-state index in [9.17, 15) is 4.79 Å². The Morgan fingerprint density at radius 2 is 2.12 bits per heavy atom. The van der Waals surface area contributed by atoms with Gasteiger partial charge in [-0.25, -0.2) is 9.78 Å². The van der Waals surface area contributed by atoms with Crippen LogP contribution in [0.15, 0.2) is 18.2 Å². The van der Waals surface area contributed by atoms with Gasteiger partial charge < -0.3 is 4.74 Å². The fourth-order valence-electron chi connectivity index (χ4n) is 1.07. The highest BCUT2D eigenvalue weighted by atomic mass is 28.3. The number of esters is 1. The molecule has 90 valence electrons. The van der Waals surface area contributed by atoms with Gasteiger partial charge in [0.05, 0.1) is 6.61 Å². The minimum Gasteiger partial charge on any atom is -0.461 e. The van der Waals surface area contributed by atoms with E-state index in [1.54, 1.807) is 25.1 Å².